The Kier molecular flexibility index (Phi) is 6.11. The molecule has 7 nitrogen and oxygen atoms in total. The molecular weight excluding hydrogens is 450 g/mol. The molecule has 1 fully saturated rings. The Labute approximate surface area is 203 Å². The standard InChI is InChI=1S/C26H26ClN5O2/c1-2-11-29-17-22(24-23(18-29)26(34)32(28-24)20-8-4-3-5-9-20)25(33)31-14-12-30(13-15-31)21-10-6-7-19(27)16-21/h3-10,16-18H,2,11-15H2,1H3. The Bertz CT molecular complexity index is 1340. The molecule has 0 atom stereocenters. The van der Waals surface area contributed by atoms with Crippen molar-refractivity contribution in [3.63, 3.8) is 0 Å². The molecule has 2 aromatic rings. The summed E-state index contributed by atoms with van der Waals surface area (Å²) < 4.78 is 3.31. The zero-order valence-electron chi connectivity index (χ0n) is 19.0. The topological polar surface area (TPSA) is 63.4 Å². The van der Waals surface area contributed by atoms with Crippen molar-refractivity contribution < 1.29 is 4.79 Å². The summed E-state index contributed by atoms with van der Waals surface area (Å²) >= 11 is 6.15. The molecule has 34 heavy (non-hydrogen) atoms. The van der Waals surface area contributed by atoms with Crippen molar-refractivity contribution in [2.75, 3.05) is 31.1 Å². The maximum absolute atomic E-state index is 13.6. The summed E-state index contributed by atoms with van der Waals surface area (Å²) in [6.45, 7) is 5.37. The van der Waals surface area contributed by atoms with Gasteiger partial charge in [0.15, 0.2) is 0 Å². The van der Waals surface area contributed by atoms with E-state index in [1.165, 1.54) is 4.68 Å². The normalized spacial score (nSPS) is 14.1. The number of para-hydroxylation sites is 1. The smallest absolute Gasteiger partial charge is 0.282 e. The molecule has 0 spiro atoms. The fourth-order valence-corrected chi connectivity index (χ4v) is 4.64. The van der Waals surface area contributed by atoms with Gasteiger partial charge < -0.3 is 14.4 Å². The Morgan fingerprint density at radius 3 is 2.41 bits per heavy atom. The molecule has 0 saturated carbocycles. The quantitative estimate of drug-likeness (QED) is 0.434. The number of halogens is 1. The van der Waals surface area contributed by atoms with Crippen molar-refractivity contribution in [2.24, 2.45) is 0 Å². The van der Waals surface area contributed by atoms with Gasteiger partial charge in [-0.25, -0.2) is 0 Å². The molecule has 1 saturated heterocycles. The largest absolute Gasteiger partial charge is 0.368 e. The molecule has 2 aromatic carbocycles. The zero-order chi connectivity index (χ0) is 23.7. The second kappa shape index (κ2) is 9.35. The average Bonchev–Trinajstić information content (AvgIpc) is 3.20. The van der Waals surface area contributed by atoms with E-state index in [2.05, 4.69) is 16.9 Å². The Hall–Kier alpha value is -3.58. The van der Waals surface area contributed by atoms with Gasteiger partial charge in [-0.3, -0.25) is 9.59 Å². The number of benzene rings is 2. The number of nitrogens with zero attached hydrogens (tertiary/aromatic N) is 5. The summed E-state index contributed by atoms with van der Waals surface area (Å²) in [6.07, 6.45) is 4.53. The van der Waals surface area contributed by atoms with E-state index >= 15 is 0 Å². The van der Waals surface area contributed by atoms with Gasteiger partial charge in [-0.1, -0.05) is 42.8 Å². The van der Waals surface area contributed by atoms with Crippen molar-refractivity contribution in [3.8, 4) is 16.9 Å². The number of hydrogen-bond acceptors (Lipinski definition) is 4. The van der Waals surface area contributed by atoms with E-state index in [0.29, 0.717) is 60.3 Å². The summed E-state index contributed by atoms with van der Waals surface area (Å²) in [7, 11) is 0. The van der Waals surface area contributed by atoms with Crippen molar-refractivity contribution in [3.05, 3.63) is 87.9 Å². The van der Waals surface area contributed by atoms with Crippen LogP contribution in [-0.4, -0.2) is 51.3 Å². The van der Waals surface area contributed by atoms with Crippen LogP contribution in [0.4, 0.5) is 5.69 Å². The lowest BCUT2D eigenvalue weighted by Crippen LogP contribution is -2.49. The first-order chi connectivity index (χ1) is 16.5. The molecule has 3 aliphatic heterocycles. The van der Waals surface area contributed by atoms with E-state index in [1.54, 1.807) is 0 Å². The summed E-state index contributed by atoms with van der Waals surface area (Å²) in [5.74, 6) is -0.0982. The molecule has 0 radical (unpaired) electrons. The Morgan fingerprint density at radius 1 is 0.971 bits per heavy atom. The highest BCUT2D eigenvalue weighted by Crippen LogP contribution is 2.26. The van der Waals surface area contributed by atoms with E-state index < -0.39 is 0 Å². The van der Waals surface area contributed by atoms with Crippen LogP contribution in [0.25, 0.3) is 16.9 Å². The minimum Gasteiger partial charge on any atom is -0.368 e. The zero-order valence-corrected chi connectivity index (χ0v) is 19.8. The fraction of sp³-hybridized carbons (Fsp3) is 0.269. The molecule has 3 aliphatic rings. The number of amides is 1. The highest BCUT2D eigenvalue weighted by molar-refractivity contribution is 6.30. The number of carbonyl (C=O) groups is 1. The van der Waals surface area contributed by atoms with Gasteiger partial charge in [-0.15, -0.1) is 0 Å². The van der Waals surface area contributed by atoms with Gasteiger partial charge in [-0.05, 0) is 36.8 Å². The van der Waals surface area contributed by atoms with Crippen LogP contribution in [-0.2, 0) is 6.54 Å². The van der Waals surface area contributed by atoms with E-state index in [4.69, 9.17) is 11.6 Å². The highest BCUT2D eigenvalue weighted by atomic mass is 35.5. The molecule has 0 N–H and O–H groups in total. The summed E-state index contributed by atoms with van der Waals surface area (Å²) in [5, 5.41) is 5.29. The van der Waals surface area contributed by atoms with Crippen LogP contribution in [0.1, 0.15) is 23.7 Å². The fourth-order valence-electron chi connectivity index (χ4n) is 4.46. The summed E-state index contributed by atoms with van der Waals surface area (Å²) in [4.78, 5) is 30.9. The lowest BCUT2D eigenvalue weighted by molar-refractivity contribution is 0.0746. The second-order valence-corrected chi connectivity index (χ2v) is 8.92. The van der Waals surface area contributed by atoms with Crippen LogP contribution in [0.15, 0.2) is 71.8 Å². The molecule has 0 aliphatic carbocycles. The number of pyridine rings is 1. The lowest BCUT2D eigenvalue weighted by Gasteiger charge is -2.36. The SMILES string of the molecule is CCCn1cc(C(=O)N2CCN(c3cccc(Cl)c3)CC2)c2nn(-c3ccccc3)c(=O)c-2c1. The molecule has 0 bridgehead atoms. The van der Waals surface area contributed by atoms with Crippen LogP contribution in [0.5, 0.6) is 0 Å². The van der Waals surface area contributed by atoms with Crippen LogP contribution in [0.2, 0.25) is 5.02 Å². The van der Waals surface area contributed by atoms with E-state index in [9.17, 15) is 9.59 Å². The van der Waals surface area contributed by atoms with E-state index in [0.717, 1.165) is 12.1 Å². The average molecular weight is 476 g/mol. The van der Waals surface area contributed by atoms with Gasteiger partial charge in [0, 0.05) is 55.8 Å². The molecular formula is C26H26ClN5O2. The number of anilines is 1. The third-order valence-electron chi connectivity index (χ3n) is 6.18. The molecule has 8 heteroatoms. The van der Waals surface area contributed by atoms with E-state index in [-0.39, 0.29) is 11.5 Å². The number of carbonyl (C=O) groups excluding carboxylic acids is 1. The van der Waals surface area contributed by atoms with Crippen molar-refractivity contribution in [2.45, 2.75) is 19.9 Å². The van der Waals surface area contributed by atoms with Gasteiger partial charge in [0.2, 0.25) is 0 Å². The van der Waals surface area contributed by atoms with Crippen LogP contribution in [0.3, 0.4) is 0 Å². The minimum absolute atomic E-state index is 0.0982. The predicted molar refractivity (Wildman–Crippen MR) is 134 cm³/mol. The first-order valence-electron chi connectivity index (χ1n) is 11.5. The molecule has 3 heterocycles. The van der Waals surface area contributed by atoms with Gasteiger partial charge in [0.25, 0.3) is 11.5 Å². The maximum Gasteiger partial charge on any atom is 0.282 e. The molecule has 0 unspecified atom stereocenters. The van der Waals surface area contributed by atoms with Crippen molar-refractivity contribution in [1.82, 2.24) is 19.2 Å². The first-order valence-corrected chi connectivity index (χ1v) is 11.9. The number of aromatic nitrogens is 3. The number of rotatable bonds is 5. The van der Waals surface area contributed by atoms with Gasteiger partial charge in [-0.2, -0.15) is 9.78 Å². The number of piperazine rings is 1. The molecule has 174 valence electrons. The minimum atomic E-state index is -0.216. The predicted octanol–water partition coefficient (Wildman–Crippen LogP) is 4.16. The van der Waals surface area contributed by atoms with Gasteiger partial charge in [0.05, 0.1) is 16.8 Å². The first kappa shape index (κ1) is 22.2. The number of hydrogen-bond donors (Lipinski definition) is 0. The molecule has 0 aromatic heterocycles. The van der Waals surface area contributed by atoms with Crippen molar-refractivity contribution >= 4 is 23.2 Å². The molecule has 5 rings (SSSR count). The van der Waals surface area contributed by atoms with Gasteiger partial charge >= 0.3 is 0 Å². The number of aryl methyl sites for hydroxylation is 1. The van der Waals surface area contributed by atoms with E-state index in [1.807, 2.05) is 76.5 Å². The highest BCUT2D eigenvalue weighted by Gasteiger charge is 2.29. The third-order valence-corrected chi connectivity index (χ3v) is 6.41. The van der Waals surface area contributed by atoms with Crippen LogP contribution in [0, 0.1) is 0 Å². The Balaban J connectivity index is 1.46. The number of fused-ring (bicyclic) bond motifs is 1. The Morgan fingerprint density at radius 2 is 1.71 bits per heavy atom. The van der Waals surface area contributed by atoms with Crippen LogP contribution >= 0.6 is 11.6 Å². The maximum atomic E-state index is 13.6. The second-order valence-electron chi connectivity index (χ2n) is 8.48. The van der Waals surface area contributed by atoms with Crippen molar-refractivity contribution in [1.29, 1.82) is 0 Å². The van der Waals surface area contributed by atoms with Crippen LogP contribution < -0.4 is 10.5 Å². The summed E-state index contributed by atoms with van der Waals surface area (Å²) in [6, 6.07) is 17.1. The van der Waals surface area contributed by atoms with Gasteiger partial charge in [0.1, 0.15) is 5.69 Å². The monoisotopic (exact) mass is 475 g/mol. The summed E-state index contributed by atoms with van der Waals surface area (Å²) in [5.41, 5.74) is 2.89. The lowest BCUT2D eigenvalue weighted by atomic mass is 10.1. The molecule has 1 amide bonds. The third kappa shape index (κ3) is 4.19.